The summed E-state index contributed by atoms with van der Waals surface area (Å²) in [6, 6.07) is 0. The molecule has 1 unspecified atom stereocenters. The van der Waals surface area contributed by atoms with Crippen molar-refractivity contribution in [3.05, 3.63) is 23.8 Å². The number of rotatable bonds is 2. The van der Waals surface area contributed by atoms with E-state index < -0.39 is 8.07 Å². The van der Waals surface area contributed by atoms with Gasteiger partial charge in [0, 0.05) is 0 Å². The zero-order chi connectivity index (χ0) is 10.3. The fourth-order valence-corrected chi connectivity index (χ4v) is 5.27. The zero-order valence-corrected chi connectivity index (χ0v) is 13.7. The van der Waals surface area contributed by atoms with E-state index in [0.717, 1.165) is 5.92 Å². The molecule has 0 spiro atoms. The van der Waals surface area contributed by atoms with Gasteiger partial charge in [0.05, 0.1) is 0 Å². The number of hydrogen-bond donors (Lipinski definition) is 0. The maximum atomic E-state index is 2.49. The topological polar surface area (TPSA) is 0 Å². The summed E-state index contributed by atoms with van der Waals surface area (Å²) in [4.78, 5) is 0. The van der Waals surface area contributed by atoms with E-state index in [0.29, 0.717) is 2.79 Å². The van der Waals surface area contributed by atoms with Crippen LogP contribution in [0.3, 0.4) is 0 Å². The van der Waals surface area contributed by atoms with Gasteiger partial charge in [-0.15, -0.1) is 0 Å². The normalized spacial score (nSPS) is 28.3. The van der Waals surface area contributed by atoms with Gasteiger partial charge in [-0.2, -0.15) is 0 Å². The summed E-state index contributed by atoms with van der Waals surface area (Å²) in [5.74, 6) is 0.719. The fourth-order valence-electron chi connectivity index (χ4n) is 1.89. The molecule has 0 aromatic carbocycles. The minimum atomic E-state index is -1.07. The van der Waals surface area contributed by atoms with E-state index in [1.165, 1.54) is 24.4 Å². The van der Waals surface area contributed by atoms with Crippen LogP contribution in [0.4, 0.5) is 0 Å². The molecule has 0 aliphatic heterocycles. The molecule has 0 nitrogen and oxygen atoms in total. The molecule has 1 aliphatic rings. The standard InChI is InChI=1S/C11H19Si.In/c1-9(2)10-7-6-8-11(10)12(3,4)5;/h6-9H,1-5H3;. The molecule has 0 bridgehead atoms. The summed E-state index contributed by atoms with van der Waals surface area (Å²) in [5.41, 5.74) is 1.69. The molecular weight excluding hydrogens is 275 g/mol. The molecule has 2 heteroatoms. The van der Waals surface area contributed by atoms with E-state index in [2.05, 4.69) is 51.7 Å². The Hall–Kier alpha value is 0.567. The molecule has 0 aromatic rings. The molecule has 0 heterocycles. The van der Waals surface area contributed by atoms with Crippen molar-refractivity contribution in [2.75, 3.05) is 0 Å². The molecule has 1 rings (SSSR count). The quantitative estimate of drug-likeness (QED) is 0.685. The van der Waals surface area contributed by atoms with Crippen molar-refractivity contribution >= 4 is 32.4 Å². The second-order valence-corrected chi connectivity index (χ2v) is 14.8. The first-order valence-electron chi connectivity index (χ1n) is 4.98. The molecule has 0 saturated heterocycles. The molecule has 2 radical (unpaired) electrons. The van der Waals surface area contributed by atoms with Crippen LogP contribution in [-0.2, 0) is 0 Å². The van der Waals surface area contributed by atoms with Gasteiger partial charge in [-0.1, -0.05) is 0 Å². The molecule has 0 amide bonds. The second kappa shape index (κ2) is 3.61. The van der Waals surface area contributed by atoms with Gasteiger partial charge in [-0.3, -0.25) is 0 Å². The van der Waals surface area contributed by atoms with Crippen molar-refractivity contribution in [2.24, 2.45) is 5.92 Å². The van der Waals surface area contributed by atoms with Gasteiger partial charge >= 0.3 is 98.5 Å². The maximum absolute atomic E-state index is 2.49. The van der Waals surface area contributed by atoms with Gasteiger partial charge in [-0.05, 0) is 0 Å². The van der Waals surface area contributed by atoms with Gasteiger partial charge in [0.15, 0.2) is 0 Å². The molecule has 1 atom stereocenters. The van der Waals surface area contributed by atoms with Crippen LogP contribution >= 0.6 is 0 Å². The number of hydrogen-bond acceptors (Lipinski definition) is 0. The molecule has 1 aliphatic carbocycles. The van der Waals surface area contributed by atoms with E-state index in [4.69, 9.17) is 0 Å². The van der Waals surface area contributed by atoms with Crippen LogP contribution in [0.2, 0.25) is 22.4 Å². The Kier molecular flexibility index (Phi) is 3.24. The Morgan fingerprint density at radius 3 is 2.15 bits per heavy atom. The first-order valence-corrected chi connectivity index (χ1v) is 10.1. The molecule has 70 valence electrons. The van der Waals surface area contributed by atoms with Crippen LogP contribution < -0.4 is 0 Å². The van der Waals surface area contributed by atoms with Crippen LogP contribution in [0, 0.1) is 5.92 Å². The van der Waals surface area contributed by atoms with E-state index in [-0.39, 0.29) is 0 Å². The first kappa shape index (κ1) is 11.6. The van der Waals surface area contributed by atoms with Gasteiger partial charge in [0.1, 0.15) is 0 Å². The predicted octanol–water partition coefficient (Wildman–Crippen LogP) is 3.34. The SMILES string of the molecule is CC(C)C1=CC=C[C]1([In])[Si](C)(C)C. The Morgan fingerprint density at radius 2 is 1.85 bits per heavy atom. The molecule has 0 N–H and O–H groups in total. The van der Waals surface area contributed by atoms with Crippen LogP contribution in [0.1, 0.15) is 13.8 Å². The summed E-state index contributed by atoms with van der Waals surface area (Å²) >= 11 is 1.35. The van der Waals surface area contributed by atoms with E-state index in [1.54, 1.807) is 5.57 Å². The third kappa shape index (κ3) is 1.99. The molecule has 13 heavy (non-hydrogen) atoms. The Bertz CT molecular complexity index is 258. The van der Waals surface area contributed by atoms with Crippen LogP contribution in [0.25, 0.3) is 0 Å². The van der Waals surface area contributed by atoms with Crippen molar-refractivity contribution in [3.63, 3.8) is 0 Å². The van der Waals surface area contributed by atoms with Gasteiger partial charge < -0.3 is 0 Å². The average Bonchev–Trinajstić information content (AvgIpc) is 2.30. The Balaban J connectivity index is 3.05. The van der Waals surface area contributed by atoms with E-state index >= 15 is 0 Å². The third-order valence-electron chi connectivity index (χ3n) is 2.98. The van der Waals surface area contributed by atoms with Crippen molar-refractivity contribution < 1.29 is 0 Å². The fraction of sp³-hybridized carbons (Fsp3) is 0.636. The second-order valence-electron chi connectivity index (χ2n) is 5.25. The average molecular weight is 294 g/mol. The Morgan fingerprint density at radius 1 is 1.31 bits per heavy atom. The molecule has 0 saturated carbocycles. The van der Waals surface area contributed by atoms with Gasteiger partial charge in [0.25, 0.3) is 0 Å². The van der Waals surface area contributed by atoms with E-state index in [9.17, 15) is 0 Å². The summed E-state index contributed by atoms with van der Waals surface area (Å²) < 4.78 is 0.520. The zero-order valence-electron chi connectivity index (χ0n) is 9.39. The summed E-state index contributed by atoms with van der Waals surface area (Å²) in [5, 5.41) is 0. The summed E-state index contributed by atoms with van der Waals surface area (Å²) in [6.45, 7) is 12.1. The van der Waals surface area contributed by atoms with Crippen molar-refractivity contribution in [3.8, 4) is 0 Å². The van der Waals surface area contributed by atoms with Crippen molar-refractivity contribution in [2.45, 2.75) is 36.3 Å². The molecular formula is C11H19InSi. The van der Waals surface area contributed by atoms with Crippen LogP contribution in [0.5, 0.6) is 0 Å². The molecule has 0 fully saturated rings. The summed E-state index contributed by atoms with van der Waals surface area (Å²) in [6.07, 6.45) is 7.10. The van der Waals surface area contributed by atoms with Crippen molar-refractivity contribution in [1.29, 1.82) is 0 Å². The van der Waals surface area contributed by atoms with E-state index in [1.807, 2.05) is 0 Å². The minimum absolute atomic E-state index is 0.520. The Labute approximate surface area is 98.1 Å². The van der Waals surface area contributed by atoms with Crippen LogP contribution in [-0.4, -0.2) is 32.4 Å². The van der Waals surface area contributed by atoms with Gasteiger partial charge in [-0.25, -0.2) is 0 Å². The third-order valence-corrected chi connectivity index (χ3v) is 14.8. The van der Waals surface area contributed by atoms with Gasteiger partial charge in [0.2, 0.25) is 0 Å². The van der Waals surface area contributed by atoms with Crippen LogP contribution in [0.15, 0.2) is 23.8 Å². The molecule has 0 aromatic heterocycles. The first-order chi connectivity index (χ1) is 5.79. The monoisotopic (exact) mass is 294 g/mol. The van der Waals surface area contributed by atoms with Crippen molar-refractivity contribution in [1.82, 2.24) is 0 Å². The summed E-state index contributed by atoms with van der Waals surface area (Å²) in [7, 11) is -1.07. The predicted molar refractivity (Wildman–Crippen MR) is 63.9 cm³/mol. The number of allylic oxidation sites excluding steroid dienone is 4.